The molecule has 0 aromatic heterocycles. The molecule has 0 spiro atoms. The van der Waals surface area contributed by atoms with E-state index in [4.69, 9.17) is 4.74 Å². The molecule has 0 saturated carbocycles. The second-order valence-corrected chi connectivity index (χ2v) is 7.75. The van der Waals surface area contributed by atoms with Gasteiger partial charge in [-0.05, 0) is 60.8 Å². The summed E-state index contributed by atoms with van der Waals surface area (Å²) in [5.74, 6) is -0.393. The van der Waals surface area contributed by atoms with Gasteiger partial charge < -0.3 is 15.0 Å². The number of ether oxygens (including phenoxy) is 1. The van der Waals surface area contributed by atoms with E-state index in [0.29, 0.717) is 24.0 Å². The van der Waals surface area contributed by atoms with Gasteiger partial charge in [0, 0.05) is 13.1 Å². The van der Waals surface area contributed by atoms with Crippen LogP contribution in [0.3, 0.4) is 0 Å². The molecule has 1 heterocycles. The van der Waals surface area contributed by atoms with Crippen LogP contribution in [-0.2, 0) is 16.0 Å². The predicted molar refractivity (Wildman–Crippen MR) is 92.2 cm³/mol. The molecule has 0 aliphatic carbocycles. The highest BCUT2D eigenvalue weighted by Crippen LogP contribution is 2.19. The highest BCUT2D eigenvalue weighted by Gasteiger charge is 2.28. The quantitative estimate of drug-likeness (QED) is 0.846. The van der Waals surface area contributed by atoms with Crippen molar-refractivity contribution in [2.24, 2.45) is 0 Å². The number of carbonyl (C=O) groups is 2. The van der Waals surface area contributed by atoms with Crippen LogP contribution in [0.2, 0.25) is 0 Å². The van der Waals surface area contributed by atoms with Crippen molar-refractivity contribution in [1.29, 1.82) is 0 Å². The maximum Gasteiger partial charge on any atom is 0.407 e. The van der Waals surface area contributed by atoms with Crippen molar-refractivity contribution < 1.29 is 18.7 Å². The lowest BCUT2D eigenvalue weighted by atomic mass is 10.1. The van der Waals surface area contributed by atoms with Gasteiger partial charge in [0.25, 0.3) is 0 Å². The van der Waals surface area contributed by atoms with Crippen LogP contribution in [0.15, 0.2) is 22.7 Å². The van der Waals surface area contributed by atoms with Gasteiger partial charge in [0.1, 0.15) is 11.4 Å². The van der Waals surface area contributed by atoms with E-state index in [1.165, 1.54) is 6.07 Å². The summed E-state index contributed by atoms with van der Waals surface area (Å²) in [6.45, 7) is 6.45. The SMILES string of the molecule is CC(C)(C)OC(=O)NC1CCN(C(=O)Cc2ccc(F)c(Br)c2)C1. The molecule has 1 saturated heterocycles. The molecule has 1 atom stereocenters. The minimum absolute atomic E-state index is 0.0398. The van der Waals surface area contributed by atoms with Crippen molar-refractivity contribution in [3.8, 4) is 0 Å². The van der Waals surface area contributed by atoms with Crippen LogP contribution < -0.4 is 5.32 Å². The molecule has 1 aromatic rings. The molecular formula is C17H22BrFN2O3. The summed E-state index contributed by atoms with van der Waals surface area (Å²) in [5.41, 5.74) is 0.200. The largest absolute Gasteiger partial charge is 0.444 e. The first-order valence-corrected chi connectivity index (χ1v) is 8.64. The Morgan fingerprint density at radius 3 is 2.75 bits per heavy atom. The van der Waals surface area contributed by atoms with Gasteiger partial charge in [-0.15, -0.1) is 0 Å². The molecular weight excluding hydrogens is 379 g/mol. The Labute approximate surface area is 149 Å². The van der Waals surface area contributed by atoms with Gasteiger partial charge in [-0.2, -0.15) is 0 Å². The third kappa shape index (κ3) is 5.47. The van der Waals surface area contributed by atoms with Crippen LogP contribution >= 0.6 is 15.9 Å². The normalized spacial score (nSPS) is 17.7. The number of nitrogens with one attached hydrogen (secondary N) is 1. The molecule has 1 aliphatic rings. The number of alkyl carbamates (subject to hydrolysis) is 1. The lowest BCUT2D eigenvalue weighted by Crippen LogP contribution is -2.41. The zero-order chi connectivity index (χ0) is 17.9. The van der Waals surface area contributed by atoms with E-state index in [2.05, 4.69) is 21.2 Å². The number of amides is 2. The summed E-state index contributed by atoms with van der Waals surface area (Å²) in [6.07, 6.45) is 0.431. The first kappa shape index (κ1) is 18.7. The van der Waals surface area contributed by atoms with Gasteiger partial charge in [-0.25, -0.2) is 9.18 Å². The zero-order valence-corrected chi connectivity index (χ0v) is 15.7. The lowest BCUT2D eigenvalue weighted by Gasteiger charge is -2.22. The number of hydrogen-bond donors (Lipinski definition) is 1. The van der Waals surface area contributed by atoms with Crippen LogP contribution in [0.4, 0.5) is 9.18 Å². The van der Waals surface area contributed by atoms with E-state index in [1.807, 2.05) is 0 Å². The number of hydrogen-bond acceptors (Lipinski definition) is 3. The highest BCUT2D eigenvalue weighted by atomic mass is 79.9. The van der Waals surface area contributed by atoms with E-state index in [1.54, 1.807) is 37.8 Å². The molecule has 1 aromatic carbocycles. The Hall–Kier alpha value is -1.63. The molecule has 0 bridgehead atoms. The Balaban J connectivity index is 1.85. The van der Waals surface area contributed by atoms with Crippen molar-refractivity contribution in [2.75, 3.05) is 13.1 Å². The van der Waals surface area contributed by atoms with Crippen LogP contribution in [0.1, 0.15) is 32.8 Å². The second kappa shape index (κ2) is 7.51. The molecule has 24 heavy (non-hydrogen) atoms. The molecule has 1 fully saturated rings. The molecule has 1 unspecified atom stereocenters. The third-order valence-electron chi connectivity index (χ3n) is 3.60. The summed E-state index contributed by atoms with van der Waals surface area (Å²) in [6, 6.07) is 4.44. The van der Waals surface area contributed by atoms with Crippen molar-refractivity contribution in [3.05, 3.63) is 34.1 Å². The Morgan fingerprint density at radius 2 is 2.12 bits per heavy atom. The molecule has 0 radical (unpaired) electrons. The van der Waals surface area contributed by atoms with E-state index in [-0.39, 0.29) is 24.2 Å². The zero-order valence-electron chi connectivity index (χ0n) is 14.1. The molecule has 132 valence electrons. The average Bonchev–Trinajstić information content (AvgIpc) is 2.89. The van der Waals surface area contributed by atoms with Gasteiger partial charge in [0.2, 0.25) is 5.91 Å². The fourth-order valence-corrected chi connectivity index (χ4v) is 2.94. The fraction of sp³-hybridized carbons (Fsp3) is 0.529. The van der Waals surface area contributed by atoms with Crippen molar-refractivity contribution in [3.63, 3.8) is 0 Å². The van der Waals surface area contributed by atoms with Gasteiger partial charge in [0.05, 0.1) is 16.9 Å². The van der Waals surface area contributed by atoms with Crippen molar-refractivity contribution in [2.45, 2.75) is 45.3 Å². The number of rotatable bonds is 3. The Kier molecular flexibility index (Phi) is 5.85. The fourth-order valence-electron chi connectivity index (χ4n) is 2.51. The smallest absolute Gasteiger partial charge is 0.407 e. The van der Waals surface area contributed by atoms with Gasteiger partial charge in [0.15, 0.2) is 0 Å². The number of nitrogens with zero attached hydrogens (tertiary/aromatic N) is 1. The maximum atomic E-state index is 13.2. The highest BCUT2D eigenvalue weighted by molar-refractivity contribution is 9.10. The molecule has 1 N–H and O–H groups in total. The molecule has 5 nitrogen and oxygen atoms in total. The first-order chi connectivity index (χ1) is 11.1. The van der Waals surface area contributed by atoms with E-state index in [9.17, 15) is 14.0 Å². The van der Waals surface area contributed by atoms with Crippen LogP contribution in [-0.4, -0.2) is 41.6 Å². The number of halogens is 2. The number of likely N-dealkylation sites (tertiary alicyclic amines) is 1. The van der Waals surface area contributed by atoms with Gasteiger partial charge >= 0.3 is 6.09 Å². The van der Waals surface area contributed by atoms with Crippen LogP contribution in [0.25, 0.3) is 0 Å². The van der Waals surface area contributed by atoms with Crippen molar-refractivity contribution >= 4 is 27.9 Å². The minimum atomic E-state index is -0.547. The van der Waals surface area contributed by atoms with Gasteiger partial charge in [-0.1, -0.05) is 6.07 Å². The summed E-state index contributed by atoms with van der Waals surface area (Å²) in [7, 11) is 0. The third-order valence-corrected chi connectivity index (χ3v) is 4.21. The topological polar surface area (TPSA) is 58.6 Å². The van der Waals surface area contributed by atoms with Crippen molar-refractivity contribution in [1.82, 2.24) is 10.2 Å². The first-order valence-electron chi connectivity index (χ1n) is 7.85. The van der Waals surface area contributed by atoms with Crippen LogP contribution in [0, 0.1) is 5.82 Å². The standard InChI is InChI=1S/C17H22BrFN2O3/c1-17(2,3)24-16(23)20-12-6-7-21(10-12)15(22)9-11-4-5-14(19)13(18)8-11/h4-5,8,12H,6-7,9-10H2,1-3H3,(H,20,23). The molecule has 2 rings (SSSR count). The number of benzene rings is 1. The number of carbonyl (C=O) groups excluding carboxylic acids is 2. The van der Waals surface area contributed by atoms with E-state index < -0.39 is 11.7 Å². The van der Waals surface area contributed by atoms with Gasteiger partial charge in [-0.3, -0.25) is 4.79 Å². The summed E-state index contributed by atoms with van der Waals surface area (Å²) in [5, 5.41) is 2.79. The molecule has 7 heteroatoms. The summed E-state index contributed by atoms with van der Waals surface area (Å²) in [4.78, 5) is 25.8. The Morgan fingerprint density at radius 1 is 1.42 bits per heavy atom. The average molecular weight is 401 g/mol. The molecule has 1 aliphatic heterocycles. The monoisotopic (exact) mass is 400 g/mol. The van der Waals surface area contributed by atoms with E-state index >= 15 is 0 Å². The predicted octanol–water partition coefficient (Wildman–Crippen LogP) is 3.26. The second-order valence-electron chi connectivity index (χ2n) is 6.90. The summed E-state index contributed by atoms with van der Waals surface area (Å²) >= 11 is 3.12. The van der Waals surface area contributed by atoms with E-state index in [0.717, 1.165) is 5.56 Å². The maximum absolute atomic E-state index is 13.2. The Bertz CT molecular complexity index is 631. The van der Waals surface area contributed by atoms with Crippen LogP contribution in [0.5, 0.6) is 0 Å². The minimum Gasteiger partial charge on any atom is -0.444 e. The lowest BCUT2D eigenvalue weighted by molar-refractivity contribution is -0.129. The summed E-state index contributed by atoms with van der Waals surface area (Å²) < 4.78 is 18.8. The molecule has 2 amide bonds.